The minimum atomic E-state index is -0.192. The Bertz CT molecular complexity index is 749. The van der Waals surface area contributed by atoms with E-state index >= 15 is 0 Å². The molecule has 2 aromatic carbocycles. The van der Waals surface area contributed by atoms with Crippen LogP contribution in [0.1, 0.15) is 42.0 Å². The molecule has 0 fully saturated rings. The molecule has 0 saturated heterocycles. The lowest BCUT2D eigenvalue weighted by atomic mass is 9.95. The van der Waals surface area contributed by atoms with Crippen molar-refractivity contribution in [2.75, 3.05) is 13.7 Å². The summed E-state index contributed by atoms with van der Waals surface area (Å²) in [6.07, 6.45) is 0.667. The maximum Gasteiger partial charge on any atom is 0.257 e. The van der Waals surface area contributed by atoms with Gasteiger partial charge in [-0.25, -0.2) is 0 Å². The van der Waals surface area contributed by atoms with Crippen LogP contribution in [0.25, 0.3) is 0 Å². The highest BCUT2D eigenvalue weighted by Gasteiger charge is 2.12. The maximum atomic E-state index is 11.3. The van der Waals surface area contributed by atoms with Gasteiger partial charge in [-0.2, -0.15) is 0 Å². The molecule has 134 valence electrons. The molecule has 5 heteroatoms. The number of hydrogen-bond acceptors (Lipinski definition) is 3. The summed E-state index contributed by atoms with van der Waals surface area (Å²) in [5.74, 6) is 0.947. The number of phenolic OH excluding ortho intramolecular Hbond substituents is 1. The number of aromatic hydroxyl groups is 1. The Morgan fingerprint density at radius 1 is 1.28 bits per heavy atom. The molecule has 0 aliphatic heterocycles. The Kier molecular flexibility index (Phi) is 6.32. The van der Waals surface area contributed by atoms with Crippen LogP contribution in [0, 0.1) is 6.92 Å². The fourth-order valence-corrected chi connectivity index (χ4v) is 2.97. The first kappa shape index (κ1) is 19.1. The summed E-state index contributed by atoms with van der Waals surface area (Å²) in [7, 11) is 1.57. The number of benzene rings is 2. The van der Waals surface area contributed by atoms with Crippen molar-refractivity contribution in [2.45, 2.75) is 33.1 Å². The van der Waals surface area contributed by atoms with E-state index in [0.29, 0.717) is 22.9 Å². The van der Waals surface area contributed by atoms with Gasteiger partial charge in [0.1, 0.15) is 11.5 Å². The van der Waals surface area contributed by atoms with Crippen LogP contribution >= 0.6 is 11.6 Å². The van der Waals surface area contributed by atoms with Crippen LogP contribution in [0.4, 0.5) is 0 Å². The molecule has 0 bridgehead atoms. The fraction of sp³-hybridized carbons (Fsp3) is 0.350. The second kappa shape index (κ2) is 8.26. The molecule has 0 atom stereocenters. The van der Waals surface area contributed by atoms with E-state index in [-0.39, 0.29) is 18.4 Å². The van der Waals surface area contributed by atoms with E-state index in [1.807, 2.05) is 25.1 Å². The van der Waals surface area contributed by atoms with Gasteiger partial charge in [-0.3, -0.25) is 4.79 Å². The van der Waals surface area contributed by atoms with Crippen LogP contribution in [0.2, 0.25) is 5.02 Å². The topological polar surface area (TPSA) is 58.6 Å². The van der Waals surface area contributed by atoms with Crippen molar-refractivity contribution in [1.82, 2.24) is 5.32 Å². The molecule has 0 heterocycles. The summed E-state index contributed by atoms with van der Waals surface area (Å²) in [6.45, 7) is 6.03. The first-order chi connectivity index (χ1) is 11.8. The molecule has 0 radical (unpaired) electrons. The van der Waals surface area contributed by atoms with Crippen molar-refractivity contribution in [3.63, 3.8) is 0 Å². The van der Waals surface area contributed by atoms with Gasteiger partial charge in [0.05, 0.1) is 0 Å². The minimum Gasteiger partial charge on any atom is -0.508 e. The van der Waals surface area contributed by atoms with Crippen LogP contribution in [0.5, 0.6) is 11.5 Å². The predicted molar refractivity (Wildman–Crippen MR) is 101 cm³/mol. The van der Waals surface area contributed by atoms with E-state index < -0.39 is 0 Å². The monoisotopic (exact) mass is 361 g/mol. The van der Waals surface area contributed by atoms with Crippen LogP contribution in [0.3, 0.4) is 0 Å². The van der Waals surface area contributed by atoms with E-state index in [1.165, 1.54) is 0 Å². The molecule has 0 saturated carbocycles. The number of halogens is 1. The van der Waals surface area contributed by atoms with Crippen molar-refractivity contribution in [3.05, 3.63) is 57.6 Å². The largest absolute Gasteiger partial charge is 0.508 e. The number of carbonyl (C=O) groups is 1. The standard InChI is InChI=1S/C20H24ClNO3/c1-12(2)16-8-14(5-6-19(16)23)9-17-13(3)7-15(10-18(17)21)25-11-20(24)22-4/h5-8,10,12,23H,9,11H2,1-4H3,(H,22,24). The van der Waals surface area contributed by atoms with Crippen LogP contribution in [-0.2, 0) is 11.2 Å². The van der Waals surface area contributed by atoms with Gasteiger partial charge in [-0.1, -0.05) is 37.6 Å². The second-order valence-corrected chi connectivity index (χ2v) is 6.79. The Morgan fingerprint density at radius 3 is 2.60 bits per heavy atom. The number of rotatable bonds is 6. The molecular formula is C20H24ClNO3. The summed E-state index contributed by atoms with van der Waals surface area (Å²) in [5.41, 5.74) is 4.02. The van der Waals surface area contributed by atoms with Gasteiger partial charge < -0.3 is 15.2 Å². The molecule has 0 aliphatic carbocycles. The summed E-state index contributed by atoms with van der Waals surface area (Å²) < 4.78 is 5.46. The summed E-state index contributed by atoms with van der Waals surface area (Å²) in [6, 6.07) is 9.28. The average Bonchev–Trinajstić information content (AvgIpc) is 2.57. The van der Waals surface area contributed by atoms with Crippen LogP contribution in [-0.4, -0.2) is 24.7 Å². The van der Waals surface area contributed by atoms with Gasteiger partial charge in [0.25, 0.3) is 5.91 Å². The van der Waals surface area contributed by atoms with E-state index in [2.05, 4.69) is 19.2 Å². The third-order valence-electron chi connectivity index (χ3n) is 4.14. The van der Waals surface area contributed by atoms with E-state index in [1.54, 1.807) is 19.2 Å². The Balaban J connectivity index is 2.23. The summed E-state index contributed by atoms with van der Waals surface area (Å²) in [5, 5.41) is 13.1. The zero-order chi connectivity index (χ0) is 18.6. The average molecular weight is 362 g/mol. The number of phenols is 1. The number of amides is 1. The van der Waals surface area contributed by atoms with E-state index in [0.717, 1.165) is 22.3 Å². The van der Waals surface area contributed by atoms with E-state index in [9.17, 15) is 9.90 Å². The van der Waals surface area contributed by atoms with Gasteiger partial charge in [0.2, 0.25) is 0 Å². The summed E-state index contributed by atoms with van der Waals surface area (Å²) >= 11 is 6.44. The molecule has 0 aliphatic rings. The number of aryl methyl sites for hydroxylation is 1. The highest BCUT2D eigenvalue weighted by molar-refractivity contribution is 6.31. The van der Waals surface area contributed by atoms with Crippen molar-refractivity contribution in [2.24, 2.45) is 0 Å². The van der Waals surface area contributed by atoms with Gasteiger partial charge in [-0.15, -0.1) is 0 Å². The molecule has 1 amide bonds. The quantitative estimate of drug-likeness (QED) is 0.810. The molecule has 0 aromatic heterocycles. The summed E-state index contributed by atoms with van der Waals surface area (Å²) in [4.78, 5) is 11.3. The van der Waals surface area contributed by atoms with Crippen LogP contribution < -0.4 is 10.1 Å². The Labute approximate surface area is 153 Å². The first-order valence-electron chi connectivity index (χ1n) is 8.26. The van der Waals surface area contributed by atoms with Crippen molar-refractivity contribution >= 4 is 17.5 Å². The third-order valence-corrected chi connectivity index (χ3v) is 4.47. The highest BCUT2D eigenvalue weighted by Crippen LogP contribution is 2.31. The lowest BCUT2D eigenvalue weighted by molar-refractivity contribution is -0.122. The number of hydrogen-bond donors (Lipinski definition) is 2. The third kappa shape index (κ3) is 4.89. The van der Waals surface area contributed by atoms with Gasteiger partial charge in [0.15, 0.2) is 6.61 Å². The SMILES string of the molecule is CNC(=O)COc1cc(C)c(Cc2ccc(O)c(C(C)C)c2)c(Cl)c1. The Morgan fingerprint density at radius 2 is 2.00 bits per heavy atom. The first-order valence-corrected chi connectivity index (χ1v) is 8.63. The van der Waals surface area contributed by atoms with E-state index in [4.69, 9.17) is 16.3 Å². The van der Waals surface area contributed by atoms with Gasteiger partial charge in [0, 0.05) is 12.1 Å². The molecule has 4 nitrogen and oxygen atoms in total. The predicted octanol–water partition coefficient (Wildman–Crippen LogP) is 4.19. The molecular weight excluding hydrogens is 338 g/mol. The number of ether oxygens (including phenoxy) is 1. The fourth-order valence-electron chi connectivity index (χ4n) is 2.65. The molecule has 25 heavy (non-hydrogen) atoms. The number of carbonyl (C=O) groups excluding carboxylic acids is 1. The smallest absolute Gasteiger partial charge is 0.257 e. The molecule has 0 spiro atoms. The molecule has 2 N–H and O–H groups in total. The second-order valence-electron chi connectivity index (χ2n) is 6.39. The number of likely N-dealkylation sites (N-methyl/N-ethyl adjacent to an activating group) is 1. The minimum absolute atomic E-state index is 0.0404. The zero-order valence-corrected chi connectivity index (χ0v) is 15.8. The molecule has 2 aromatic rings. The van der Waals surface area contributed by atoms with Crippen molar-refractivity contribution in [1.29, 1.82) is 0 Å². The normalized spacial score (nSPS) is 10.8. The number of nitrogens with one attached hydrogen (secondary N) is 1. The van der Waals surface area contributed by atoms with Crippen molar-refractivity contribution < 1.29 is 14.6 Å². The van der Waals surface area contributed by atoms with Gasteiger partial charge >= 0.3 is 0 Å². The Hall–Kier alpha value is -2.20. The lowest BCUT2D eigenvalue weighted by Crippen LogP contribution is -2.24. The zero-order valence-electron chi connectivity index (χ0n) is 15.0. The van der Waals surface area contributed by atoms with Crippen molar-refractivity contribution in [3.8, 4) is 11.5 Å². The highest BCUT2D eigenvalue weighted by atomic mass is 35.5. The van der Waals surface area contributed by atoms with Crippen LogP contribution in [0.15, 0.2) is 30.3 Å². The lowest BCUT2D eigenvalue weighted by Gasteiger charge is -2.14. The molecule has 2 rings (SSSR count). The molecule has 0 unspecified atom stereocenters. The maximum absolute atomic E-state index is 11.3. The van der Waals surface area contributed by atoms with Gasteiger partial charge in [-0.05, 0) is 59.7 Å².